The molecule has 122 valence electrons. The van der Waals surface area contributed by atoms with E-state index < -0.39 is 0 Å². The minimum Gasteiger partial charge on any atom is -0.348 e. The molecule has 0 spiro atoms. The summed E-state index contributed by atoms with van der Waals surface area (Å²) in [6.45, 7) is 0.282. The van der Waals surface area contributed by atoms with Crippen LogP contribution < -0.4 is 10.2 Å². The first-order valence-electron chi connectivity index (χ1n) is 7.53. The van der Waals surface area contributed by atoms with E-state index in [1.807, 2.05) is 0 Å². The zero-order valence-corrected chi connectivity index (χ0v) is 12.8. The Morgan fingerprint density at radius 3 is 2.12 bits per heavy atom. The first kappa shape index (κ1) is 15.9. The van der Waals surface area contributed by atoms with Crippen molar-refractivity contribution in [1.82, 2.24) is 5.32 Å². The van der Waals surface area contributed by atoms with Crippen LogP contribution in [0.15, 0.2) is 48.5 Å². The molecule has 1 fully saturated rings. The standard InChI is InChI=1S/C18H15FN2O3/c19-14-5-1-12(2-6-14)11-20-18(24)13-3-7-15(8-4-13)21-16(22)9-10-17(21)23/h1-8H,9-11H2,(H,20,24). The lowest BCUT2D eigenvalue weighted by Gasteiger charge is -2.14. The molecule has 0 aliphatic carbocycles. The number of halogens is 1. The number of imide groups is 1. The quantitative estimate of drug-likeness (QED) is 0.878. The van der Waals surface area contributed by atoms with Crippen molar-refractivity contribution in [3.05, 3.63) is 65.5 Å². The Hall–Kier alpha value is -3.02. The number of nitrogens with zero attached hydrogens (tertiary/aromatic N) is 1. The van der Waals surface area contributed by atoms with Crippen molar-refractivity contribution >= 4 is 23.4 Å². The number of hydrogen-bond acceptors (Lipinski definition) is 3. The molecular formula is C18H15FN2O3. The second-order valence-corrected chi connectivity index (χ2v) is 5.48. The molecule has 0 unspecified atom stereocenters. The molecule has 3 amide bonds. The zero-order chi connectivity index (χ0) is 17.1. The van der Waals surface area contributed by atoms with Gasteiger partial charge in [0, 0.05) is 24.9 Å². The fraction of sp³-hybridized carbons (Fsp3) is 0.167. The molecule has 24 heavy (non-hydrogen) atoms. The molecule has 3 rings (SSSR count). The van der Waals surface area contributed by atoms with Crippen molar-refractivity contribution in [2.75, 3.05) is 4.90 Å². The molecule has 0 aromatic heterocycles. The number of nitrogens with one attached hydrogen (secondary N) is 1. The van der Waals surface area contributed by atoms with Gasteiger partial charge in [-0.3, -0.25) is 19.3 Å². The summed E-state index contributed by atoms with van der Waals surface area (Å²) in [4.78, 5) is 36.6. The van der Waals surface area contributed by atoms with Crippen molar-refractivity contribution < 1.29 is 18.8 Å². The maximum Gasteiger partial charge on any atom is 0.251 e. The maximum atomic E-state index is 12.8. The van der Waals surface area contributed by atoms with Gasteiger partial charge >= 0.3 is 0 Å². The average molecular weight is 326 g/mol. The third-order valence-electron chi connectivity index (χ3n) is 3.81. The molecule has 1 N–H and O–H groups in total. The summed E-state index contributed by atoms with van der Waals surface area (Å²) in [5, 5.41) is 2.73. The first-order valence-corrected chi connectivity index (χ1v) is 7.53. The summed E-state index contributed by atoms with van der Waals surface area (Å²) in [7, 11) is 0. The Kier molecular flexibility index (Phi) is 4.37. The Morgan fingerprint density at radius 2 is 1.54 bits per heavy atom. The summed E-state index contributed by atoms with van der Waals surface area (Å²) in [5.74, 6) is -1.07. The van der Waals surface area contributed by atoms with Crippen molar-refractivity contribution in [3.8, 4) is 0 Å². The number of carbonyl (C=O) groups excluding carboxylic acids is 3. The molecule has 0 saturated carbocycles. The van der Waals surface area contributed by atoms with E-state index in [4.69, 9.17) is 0 Å². The van der Waals surface area contributed by atoms with Gasteiger partial charge in [-0.15, -0.1) is 0 Å². The molecule has 0 atom stereocenters. The predicted octanol–water partition coefficient (Wildman–Crippen LogP) is 2.41. The molecule has 0 bridgehead atoms. The van der Waals surface area contributed by atoms with Gasteiger partial charge in [-0.1, -0.05) is 12.1 Å². The van der Waals surface area contributed by atoms with Crippen LogP contribution >= 0.6 is 0 Å². The van der Waals surface area contributed by atoms with E-state index in [2.05, 4.69) is 5.32 Å². The molecular weight excluding hydrogens is 311 g/mol. The predicted molar refractivity (Wildman–Crippen MR) is 85.7 cm³/mol. The highest BCUT2D eigenvalue weighted by molar-refractivity contribution is 6.19. The van der Waals surface area contributed by atoms with Crippen LogP contribution in [0.25, 0.3) is 0 Å². The highest BCUT2D eigenvalue weighted by Gasteiger charge is 2.30. The van der Waals surface area contributed by atoms with E-state index >= 15 is 0 Å². The fourth-order valence-electron chi connectivity index (χ4n) is 2.51. The van der Waals surface area contributed by atoms with Crippen LogP contribution in [-0.4, -0.2) is 17.7 Å². The lowest BCUT2D eigenvalue weighted by atomic mass is 10.1. The number of carbonyl (C=O) groups is 3. The van der Waals surface area contributed by atoms with E-state index in [0.29, 0.717) is 11.3 Å². The van der Waals surface area contributed by atoms with Crippen LogP contribution in [0.2, 0.25) is 0 Å². The Morgan fingerprint density at radius 1 is 0.958 bits per heavy atom. The maximum absolute atomic E-state index is 12.8. The van der Waals surface area contributed by atoms with Gasteiger partial charge in [-0.05, 0) is 42.0 Å². The molecule has 1 heterocycles. The van der Waals surface area contributed by atoms with Crippen LogP contribution in [0, 0.1) is 5.82 Å². The number of benzene rings is 2. The first-order chi connectivity index (χ1) is 11.5. The summed E-state index contributed by atoms with van der Waals surface area (Å²) >= 11 is 0. The van der Waals surface area contributed by atoms with E-state index in [1.165, 1.54) is 12.1 Å². The third-order valence-corrected chi connectivity index (χ3v) is 3.81. The lowest BCUT2D eigenvalue weighted by Crippen LogP contribution is -2.28. The van der Waals surface area contributed by atoms with Gasteiger partial charge in [0.1, 0.15) is 5.82 Å². The zero-order valence-electron chi connectivity index (χ0n) is 12.8. The van der Waals surface area contributed by atoms with Crippen LogP contribution in [0.3, 0.4) is 0 Å². The highest BCUT2D eigenvalue weighted by Crippen LogP contribution is 2.22. The van der Waals surface area contributed by atoms with E-state index in [0.717, 1.165) is 10.5 Å². The summed E-state index contributed by atoms with van der Waals surface area (Å²) in [5.41, 5.74) is 1.67. The highest BCUT2D eigenvalue weighted by atomic mass is 19.1. The molecule has 1 aliphatic rings. The van der Waals surface area contributed by atoms with Gasteiger partial charge in [0.25, 0.3) is 5.91 Å². The largest absolute Gasteiger partial charge is 0.348 e. The Balaban J connectivity index is 1.64. The minimum atomic E-state index is -0.327. The number of anilines is 1. The Labute approximate surface area is 138 Å². The SMILES string of the molecule is O=C(NCc1ccc(F)cc1)c1ccc(N2C(=O)CCC2=O)cc1. The topological polar surface area (TPSA) is 66.5 Å². The number of rotatable bonds is 4. The number of amides is 3. The molecule has 6 heteroatoms. The van der Waals surface area contributed by atoms with Crippen molar-refractivity contribution in [2.24, 2.45) is 0 Å². The monoisotopic (exact) mass is 326 g/mol. The van der Waals surface area contributed by atoms with Crippen LogP contribution in [-0.2, 0) is 16.1 Å². The van der Waals surface area contributed by atoms with Gasteiger partial charge < -0.3 is 5.32 Å². The molecule has 1 saturated heterocycles. The second kappa shape index (κ2) is 6.62. The van der Waals surface area contributed by atoms with Gasteiger partial charge in [-0.2, -0.15) is 0 Å². The van der Waals surface area contributed by atoms with Crippen LogP contribution in [0.5, 0.6) is 0 Å². The third kappa shape index (κ3) is 3.32. The Bertz CT molecular complexity index is 769. The number of hydrogen-bond donors (Lipinski definition) is 1. The molecule has 2 aromatic carbocycles. The smallest absolute Gasteiger partial charge is 0.251 e. The van der Waals surface area contributed by atoms with Gasteiger partial charge in [0.15, 0.2) is 0 Å². The second-order valence-electron chi connectivity index (χ2n) is 5.48. The molecule has 0 radical (unpaired) electrons. The fourth-order valence-corrected chi connectivity index (χ4v) is 2.51. The normalized spacial score (nSPS) is 14.1. The van der Waals surface area contributed by atoms with E-state index in [1.54, 1.807) is 36.4 Å². The van der Waals surface area contributed by atoms with E-state index in [9.17, 15) is 18.8 Å². The summed E-state index contributed by atoms with van der Waals surface area (Å²) in [6.07, 6.45) is 0.442. The molecule has 5 nitrogen and oxygen atoms in total. The summed E-state index contributed by atoms with van der Waals surface area (Å²) < 4.78 is 12.8. The van der Waals surface area contributed by atoms with Crippen molar-refractivity contribution in [1.29, 1.82) is 0 Å². The van der Waals surface area contributed by atoms with Gasteiger partial charge in [-0.25, -0.2) is 4.39 Å². The van der Waals surface area contributed by atoms with Gasteiger partial charge in [0.2, 0.25) is 11.8 Å². The summed E-state index contributed by atoms with van der Waals surface area (Å²) in [6, 6.07) is 12.2. The van der Waals surface area contributed by atoms with Crippen LogP contribution in [0.1, 0.15) is 28.8 Å². The molecule has 1 aliphatic heterocycles. The van der Waals surface area contributed by atoms with Crippen LogP contribution in [0.4, 0.5) is 10.1 Å². The van der Waals surface area contributed by atoms with Crippen molar-refractivity contribution in [3.63, 3.8) is 0 Å². The average Bonchev–Trinajstić information content (AvgIpc) is 2.93. The van der Waals surface area contributed by atoms with Crippen molar-refractivity contribution in [2.45, 2.75) is 19.4 Å². The minimum absolute atomic E-state index is 0.221. The van der Waals surface area contributed by atoms with Gasteiger partial charge in [0.05, 0.1) is 5.69 Å². The molecule has 2 aromatic rings. The van der Waals surface area contributed by atoms with E-state index in [-0.39, 0.29) is 42.9 Å². The lowest BCUT2D eigenvalue weighted by molar-refractivity contribution is -0.121.